The van der Waals surface area contributed by atoms with Crippen LogP contribution in [0.15, 0.2) is 0 Å². The van der Waals surface area contributed by atoms with Crippen molar-refractivity contribution in [1.82, 2.24) is 0 Å². The first-order chi connectivity index (χ1) is 5.77. The third kappa shape index (κ3) is 2.33. The smallest absolute Gasteiger partial charge is 0.133 e. The van der Waals surface area contributed by atoms with Crippen LogP contribution in [0, 0.1) is 11.8 Å². The molecule has 1 aliphatic carbocycles. The molecule has 0 aromatic heterocycles. The topological polar surface area (TPSA) is 17.1 Å². The van der Waals surface area contributed by atoms with Crippen LogP contribution in [-0.4, -0.2) is 5.78 Å². The van der Waals surface area contributed by atoms with Crippen LogP contribution in [0.4, 0.5) is 0 Å². The Balaban J connectivity index is 2.44. The minimum absolute atomic E-state index is 0.495. The van der Waals surface area contributed by atoms with Gasteiger partial charge in [-0.05, 0) is 18.3 Å². The van der Waals surface area contributed by atoms with E-state index >= 15 is 0 Å². The van der Waals surface area contributed by atoms with E-state index in [0.717, 1.165) is 25.2 Å². The highest BCUT2D eigenvalue weighted by Gasteiger charge is 2.26. The van der Waals surface area contributed by atoms with Crippen LogP contribution in [-0.2, 0) is 4.79 Å². The molecular formula is C11H20O. The summed E-state index contributed by atoms with van der Waals surface area (Å²) in [6.07, 6.45) is 6.66. The highest BCUT2D eigenvalue weighted by Crippen LogP contribution is 2.33. The van der Waals surface area contributed by atoms with Crippen LogP contribution < -0.4 is 0 Å². The SMILES string of the molecule is CCCC1CCC(=O)CC1CC. The van der Waals surface area contributed by atoms with E-state index < -0.39 is 0 Å². The van der Waals surface area contributed by atoms with Crippen molar-refractivity contribution in [2.24, 2.45) is 11.8 Å². The zero-order valence-electron chi connectivity index (χ0n) is 8.31. The van der Waals surface area contributed by atoms with Crippen molar-refractivity contribution < 1.29 is 4.79 Å². The van der Waals surface area contributed by atoms with Gasteiger partial charge in [0.2, 0.25) is 0 Å². The van der Waals surface area contributed by atoms with Gasteiger partial charge in [0.25, 0.3) is 0 Å². The van der Waals surface area contributed by atoms with E-state index in [9.17, 15) is 4.79 Å². The number of rotatable bonds is 3. The van der Waals surface area contributed by atoms with Crippen molar-refractivity contribution in [3.05, 3.63) is 0 Å². The Morgan fingerprint density at radius 2 is 2.08 bits per heavy atom. The standard InChI is InChI=1S/C11H20O/c1-3-5-10-6-7-11(12)8-9(10)4-2/h9-10H,3-8H2,1-2H3. The van der Waals surface area contributed by atoms with Crippen LogP contribution in [0.2, 0.25) is 0 Å². The molecule has 1 fully saturated rings. The van der Waals surface area contributed by atoms with Gasteiger partial charge in [-0.25, -0.2) is 0 Å². The molecule has 0 aliphatic heterocycles. The summed E-state index contributed by atoms with van der Waals surface area (Å²) in [7, 11) is 0. The molecule has 2 atom stereocenters. The van der Waals surface area contributed by atoms with Gasteiger partial charge in [0.1, 0.15) is 5.78 Å². The van der Waals surface area contributed by atoms with Crippen molar-refractivity contribution in [3.8, 4) is 0 Å². The number of carbonyl (C=O) groups is 1. The molecule has 0 aromatic carbocycles. The molecule has 0 N–H and O–H groups in total. The maximum Gasteiger partial charge on any atom is 0.133 e. The molecule has 0 saturated heterocycles. The third-order valence-corrected chi connectivity index (χ3v) is 3.13. The molecule has 0 amide bonds. The average molecular weight is 168 g/mol. The molecule has 0 spiro atoms. The highest BCUT2D eigenvalue weighted by molar-refractivity contribution is 5.79. The molecule has 12 heavy (non-hydrogen) atoms. The zero-order chi connectivity index (χ0) is 8.97. The van der Waals surface area contributed by atoms with E-state index in [-0.39, 0.29) is 0 Å². The molecule has 0 aromatic rings. The Kier molecular flexibility index (Phi) is 3.77. The van der Waals surface area contributed by atoms with Crippen molar-refractivity contribution >= 4 is 5.78 Å². The number of hydrogen-bond donors (Lipinski definition) is 0. The van der Waals surface area contributed by atoms with Gasteiger partial charge in [-0.15, -0.1) is 0 Å². The summed E-state index contributed by atoms with van der Waals surface area (Å²) in [5, 5.41) is 0. The first-order valence-corrected chi connectivity index (χ1v) is 5.29. The fraction of sp³-hybridized carbons (Fsp3) is 0.909. The number of Topliss-reactive ketones (excluding diaryl/α,β-unsaturated/α-hetero) is 1. The first kappa shape index (κ1) is 9.76. The summed E-state index contributed by atoms with van der Waals surface area (Å²) in [4.78, 5) is 11.2. The van der Waals surface area contributed by atoms with Crippen LogP contribution in [0.25, 0.3) is 0 Å². The Labute approximate surface area is 75.5 Å². The number of carbonyl (C=O) groups excluding carboxylic acids is 1. The summed E-state index contributed by atoms with van der Waals surface area (Å²) < 4.78 is 0. The minimum Gasteiger partial charge on any atom is -0.300 e. The van der Waals surface area contributed by atoms with Gasteiger partial charge in [-0.3, -0.25) is 4.79 Å². The second kappa shape index (κ2) is 4.64. The maximum atomic E-state index is 11.2. The van der Waals surface area contributed by atoms with Crippen molar-refractivity contribution in [2.45, 2.75) is 52.4 Å². The summed E-state index contributed by atoms with van der Waals surface area (Å²) in [6.45, 7) is 4.45. The lowest BCUT2D eigenvalue weighted by molar-refractivity contribution is -0.122. The van der Waals surface area contributed by atoms with Gasteiger partial charge in [0, 0.05) is 12.8 Å². The van der Waals surface area contributed by atoms with Gasteiger partial charge < -0.3 is 0 Å². The second-order valence-electron chi connectivity index (χ2n) is 4.00. The van der Waals surface area contributed by atoms with Gasteiger partial charge in [0.15, 0.2) is 0 Å². The van der Waals surface area contributed by atoms with E-state index in [1.807, 2.05) is 0 Å². The lowest BCUT2D eigenvalue weighted by Gasteiger charge is -2.29. The molecular weight excluding hydrogens is 148 g/mol. The van der Waals surface area contributed by atoms with E-state index in [1.165, 1.54) is 19.3 Å². The van der Waals surface area contributed by atoms with E-state index in [1.54, 1.807) is 0 Å². The molecule has 1 heteroatoms. The molecule has 1 nitrogen and oxygen atoms in total. The monoisotopic (exact) mass is 168 g/mol. The second-order valence-corrected chi connectivity index (χ2v) is 4.00. The molecule has 70 valence electrons. The fourth-order valence-corrected chi connectivity index (χ4v) is 2.37. The summed E-state index contributed by atoms with van der Waals surface area (Å²) in [5.41, 5.74) is 0. The molecule has 2 unspecified atom stereocenters. The van der Waals surface area contributed by atoms with Gasteiger partial charge in [0.05, 0.1) is 0 Å². The predicted octanol–water partition coefficient (Wildman–Crippen LogP) is 3.18. The Bertz CT molecular complexity index is 151. The van der Waals surface area contributed by atoms with Crippen molar-refractivity contribution in [1.29, 1.82) is 0 Å². The van der Waals surface area contributed by atoms with Crippen molar-refractivity contribution in [2.75, 3.05) is 0 Å². The highest BCUT2D eigenvalue weighted by atomic mass is 16.1. The Morgan fingerprint density at radius 3 is 2.67 bits per heavy atom. The summed E-state index contributed by atoms with van der Waals surface area (Å²) in [5.74, 6) is 2.04. The largest absolute Gasteiger partial charge is 0.300 e. The van der Waals surface area contributed by atoms with E-state index in [0.29, 0.717) is 11.7 Å². The van der Waals surface area contributed by atoms with Crippen LogP contribution >= 0.6 is 0 Å². The molecule has 0 radical (unpaired) electrons. The van der Waals surface area contributed by atoms with Crippen LogP contribution in [0.5, 0.6) is 0 Å². The number of hydrogen-bond acceptors (Lipinski definition) is 1. The van der Waals surface area contributed by atoms with E-state index in [2.05, 4.69) is 13.8 Å². The lowest BCUT2D eigenvalue weighted by atomic mass is 9.75. The Morgan fingerprint density at radius 1 is 1.33 bits per heavy atom. The Hall–Kier alpha value is -0.330. The summed E-state index contributed by atoms with van der Waals surface area (Å²) >= 11 is 0. The third-order valence-electron chi connectivity index (χ3n) is 3.13. The van der Waals surface area contributed by atoms with Gasteiger partial charge >= 0.3 is 0 Å². The zero-order valence-corrected chi connectivity index (χ0v) is 8.31. The first-order valence-electron chi connectivity index (χ1n) is 5.29. The van der Waals surface area contributed by atoms with Crippen molar-refractivity contribution in [3.63, 3.8) is 0 Å². The normalized spacial score (nSPS) is 30.7. The van der Waals surface area contributed by atoms with Crippen LogP contribution in [0.1, 0.15) is 52.4 Å². The summed E-state index contributed by atoms with van der Waals surface area (Å²) in [6, 6.07) is 0. The molecule has 0 bridgehead atoms. The minimum atomic E-state index is 0.495. The van der Waals surface area contributed by atoms with Gasteiger partial charge in [-0.1, -0.05) is 33.1 Å². The van der Waals surface area contributed by atoms with Crippen LogP contribution in [0.3, 0.4) is 0 Å². The fourth-order valence-electron chi connectivity index (χ4n) is 2.37. The van der Waals surface area contributed by atoms with E-state index in [4.69, 9.17) is 0 Å². The molecule has 1 saturated carbocycles. The number of ketones is 1. The molecule has 1 aliphatic rings. The predicted molar refractivity (Wildman–Crippen MR) is 51.0 cm³/mol. The van der Waals surface area contributed by atoms with Gasteiger partial charge in [-0.2, -0.15) is 0 Å². The molecule has 0 heterocycles. The average Bonchev–Trinajstić information content (AvgIpc) is 2.08. The quantitative estimate of drug-likeness (QED) is 0.632. The molecule has 1 rings (SSSR count). The lowest BCUT2D eigenvalue weighted by Crippen LogP contribution is -2.24. The maximum absolute atomic E-state index is 11.2.